The fraction of sp³-hybridized carbons (Fsp3) is 0.238. The highest BCUT2D eigenvalue weighted by Gasteiger charge is 2.58. The zero-order chi connectivity index (χ0) is 18.9. The van der Waals surface area contributed by atoms with Crippen LogP contribution in [0.15, 0.2) is 47.1 Å². The third-order valence-electron chi connectivity index (χ3n) is 5.82. The molecular weight excluding hydrogens is 409 g/mol. The van der Waals surface area contributed by atoms with Gasteiger partial charge in [0.2, 0.25) is 5.91 Å². The Balaban J connectivity index is 1.67. The molecule has 27 heavy (non-hydrogen) atoms. The van der Waals surface area contributed by atoms with Gasteiger partial charge in [0.25, 0.3) is 0 Å². The summed E-state index contributed by atoms with van der Waals surface area (Å²) in [5, 5.41) is 0.836. The van der Waals surface area contributed by atoms with Crippen molar-refractivity contribution in [2.24, 2.45) is 0 Å². The second-order valence-corrected chi connectivity index (χ2v) is 8.25. The van der Waals surface area contributed by atoms with E-state index in [1.165, 1.54) is 11.6 Å². The lowest BCUT2D eigenvalue weighted by molar-refractivity contribution is -0.123. The Morgan fingerprint density at radius 3 is 2.67 bits per heavy atom. The summed E-state index contributed by atoms with van der Waals surface area (Å²) in [6, 6.07) is 11.4. The topological polar surface area (TPSA) is 36.4 Å². The number of aryl methyl sites for hydroxylation is 1. The molecule has 0 unspecified atom stereocenters. The second-order valence-electron chi connectivity index (χ2n) is 7.39. The average Bonchev–Trinajstić information content (AvgIpc) is 2.84. The fourth-order valence-electron chi connectivity index (χ4n) is 4.46. The predicted octanol–water partition coefficient (Wildman–Crippen LogP) is 4.18. The van der Waals surface area contributed by atoms with E-state index in [9.17, 15) is 9.18 Å². The number of fused-ring (bicyclic) bond motifs is 4. The molecule has 0 bridgehead atoms. The highest BCUT2D eigenvalue weighted by atomic mass is 79.9. The monoisotopic (exact) mass is 425 g/mol. The molecule has 0 atom stereocenters. The van der Waals surface area contributed by atoms with Crippen LogP contribution in [0.5, 0.6) is 0 Å². The number of carbonyl (C=O) groups excluding carboxylic acids is 1. The van der Waals surface area contributed by atoms with E-state index in [1.807, 2.05) is 12.1 Å². The van der Waals surface area contributed by atoms with Gasteiger partial charge in [-0.25, -0.2) is 4.39 Å². The summed E-state index contributed by atoms with van der Waals surface area (Å²) in [7, 11) is 1.79. The van der Waals surface area contributed by atoms with Crippen molar-refractivity contribution in [2.75, 3.05) is 29.9 Å². The van der Waals surface area contributed by atoms with Gasteiger partial charge >= 0.3 is 0 Å². The van der Waals surface area contributed by atoms with Gasteiger partial charge in [0, 0.05) is 42.8 Å². The predicted molar refractivity (Wildman–Crippen MR) is 108 cm³/mol. The van der Waals surface area contributed by atoms with Crippen molar-refractivity contribution in [3.05, 3.63) is 64.0 Å². The van der Waals surface area contributed by atoms with Crippen molar-refractivity contribution in [1.29, 1.82) is 0 Å². The Bertz CT molecular complexity index is 1120. The summed E-state index contributed by atoms with van der Waals surface area (Å²) >= 11 is 3.28. The number of carbonyl (C=O) groups is 1. The van der Waals surface area contributed by atoms with E-state index in [0.29, 0.717) is 23.1 Å². The molecule has 3 heterocycles. The minimum Gasteiger partial charge on any atom is -0.368 e. The summed E-state index contributed by atoms with van der Waals surface area (Å²) in [6.07, 6.45) is 1.69. The standard InChI is InChI=1S/C21H17BrFN3O/c1-12-5-3-4-6-17(12)26-10-21(11-26)19-13-7-14(22)15(23)8-16(13)24-9-18(19)25(2)20(21)27/h3-9H,10-11H2,1-2H3. The summed E-state index contributed by atoms with van der Waals surface area (Å²) in [6.45, 7) is 3.31. The number of para-hydroxylation sites is 1. The maximum Gasteiger partial charge on any atom is 0.241 e. The molecule has 0 aliphatic carbocycles. The highest BCUT2D eigenvalue weighted by Crippen LogP contribution is 2.51. The number of pyridine rings is 1. The van der Waals surface area contributed by atoms with Gasteiger partial charge < -0.3 is 9.80 Å². The third-order valence-corrected chi connectivity index (χ3v) is 6.43. The van der Waals surface area contributed by atoms with Crippen LogP contribution in [0.25, 0.3) is 10.9 Å². The molecule has 1 amide bonds. The molecule has 6 heteroatoms. The molecule has 1 fully saturated rings. The van der Waals surface area contributed by atoms with Crippen LogP contribution in [0.1, 0.15) is 11.1 Å². The highest BCUT2D eigenvalue weighted by molar-refractivity contribution is 9.10. The van der Waals surface area contributed by atoms with E-state index in [4.69, 9.17) is 0 Å². The van der Waals surface area contributed by atoms with Crippen LogP contribution in [0.4, 0.5) is 15.8 Å². The Hall–Kier alpha value is -2.47. The van der Waals surface area contributed by atoms with Crippen molar-refractivity contribution in [3.63, 3.8) is 0 Å². The number of nitrogens with zero attached hydrogens (tertiary/aromatic N) is 3. The first-order valence-corrected chi connectivity index (χ1v) is 9.59. The summed E-state index contributed by atoms with van der Waals surface area (Å²) in [5.74, 6) is -0.270. The average molecular weight is 426 g/mol. The maximum atomic E-state index is 14.0. The summed E-state index contributed by atoms with van der Waals surface area (Å²) in [5.41, 5.74) is 4.09. The molecule has 1 aromatic heterocycles. The smallest absolute Gasteiger partial charge is 0.241 e. The summed E-state index contributed by atoms with van der Waals surface area (Å²) in [4.78, 5) is 21.5. The number of hydrogen-bond acceptors (Lipinski definition) is 3. The van der Waals surface area contributed by atoms with Gasteiger partial charge in [-0.3, -0.25) is 9.78 Å². The van der Waals surface area contributed by atoms with E-state index in [0.717, 1.165) is 22.3 Å². The van der Waals surface area contributed by atoms with E-state index < -0.39 is 5.41 Å². The minimum absolute atomic E-state index is 0.0806. The van der Waals surface area contributed by atoms with Gasteiger partial charge in [-0.15, -0.1) is 0 Å². The number of halogens is 2. The molecule has 3 aromatic rings. The number of hydrogen-bond donors (Lipinski definition) is 0. The molecule has 2 aliphatic rings. The number of rotatable bonds is 1. The van der Waals surface area contributed by atoms with E-state index >= 15 is 0 Å². The Kier molecular flexibility index (Phi) is 3.41. The first kappa shape index (κ1) is 16.7. The largest absolute Gasteiger partial charge is 0.368 e. The Labute approximate surface area is 164 Å². The third kappa shape index (κ3) is 2.13. The molecule has 1 spiro atoms. The lowest BCUT2D eigenvalue weighted by Crippen LogP contribution is -2.64. The van der Waals surface area contributed by atoms with Crippen LogP contribution in [0, 0.1) is 12.7 Å². The zero-order valence-corrected chi connectivity index (χ0v) is 16.5. The van der Waals surface area contributed by atoms with Gasteiger partial charge in [-0.2, -0.15) is 0 Å². The molecule has 2 aromatic carbocycles. The molecule has 5 rings (SSSR count). The first-order valence-electron chi connectivity index (χ1n) is 8.79. The molecule has 4 nitrogen and oxygen atoms in total. The lowest BCUT2D eigenvalue weighted by atomic mass is 9.73. The van der Waals surface area contributed by atoms with Crippen molar-refractivity contribution >= 4 is 44.1 Å². The Morgan fingerprint density at radius 1 is 1.19 bits per heavy atom. The van der Waals surface area contributed by atoms with Crippen LogP contribution < -0.4 is 9.80 Å². The number of aromatic nitrogens is 1. The first-order chi connectivity index (χ1) is 12.9. The van der Waals surface area contributed by atoms with Gasteiger partial charge in [-0.05, 0) is 40.5 Å². The van der Waals surface area contributed by atoms with Crippen molar-refractivity contribution in [1.82, 2.24) is 4.98 Å². The lowest BCUT2D eigenvalue weighted by Gasteiger charge is -2.48. The number of benzene rings is 2. The molecule has 0 N–H and O–H groups in total. The van der Waals surface area contributed by atoms with E-state index in [2.05, 4.69) is 44.9 Å². The molecule has 136 valence electrons. The SMILES string of the molecule is Cc1ccccc1N1CC2(C1)C(=O)N(C)c1cnc3cc(F)c(Br)cc3c12. The van der Waals surface area contributed by atoms with Gasteiger partial charge in [-0.1, -0.05) is 18.2 Å². The van der Waals surface area contributed by atoms with Gasteiger partial charge in [0.05, 0.1) is 21.9 Å². The van der Waals surface area contributed by atoms with Gasteiger partial charge in [0.15, 0.2) is 0 Å². The molecule has 0 radical (unpaired) electrons. The van der Waals surface area contributed by atoms with Crippen LogP contribution in [-0.2, 0) is 10.2 Å². The maximum absolute atomic E-state index is 14.0. The number of likely N-dealkylation sites (N-methyl/N-ethyl adjacent to an activating group) is 1. The van der Waals surface area contributed by atoms with Crippen LogP contribution >= 0.6 is 15.9 Å². The fourth-order valence-corrected chi connectivity index (χ4v) is 4.80. The van der Waals surface area contributed by atoms with Gasteiger partial charge in [0.1, 0.15) is 11.2 Å². The normalized spacial score (nSPS) is 17.6. The van der Waals surface area contributed by atoms with E-state index in [-0.39, 0.29) is 11.7 Å². The van der Waals surface area contributed by atoms with Crippen LogP contribution in [0.2, 0.25) is 0 Å². The minimum atomic E-state index is -0.606. The second kappa shape index (κ2) is 5.52. The summed E-state index contributed by atoms with van der Waals surface area (Å²) < 4.78 is 14.4. The quantitative estimate of drug-likeness (QED) is 0.586. The molecule has 2 aliphatic heterocycles. The molecule has 0 saturated carbocycles. The Morgan fingerprint density at radius 2 is 1.93 bits per heavy atom. The van der Waals surface area contributed by atoms with Crippen molar-refractivity contribution in [3.8, 4) is 0 Å². The van der Waals surface area contributed by atoms with E-state index in [1.54, 1.807) is 24.2 Å². The van der Waals surface area contributed by atoms with Crippen molar-refractivity contribution < 1.29 is 9.18 Å². The zero-order valence-electron chi connectivity index (χ0n) is 15.0. The molecular formula is C21H17BrFN3O. The van der Waals surface area contributed by atoms with Crippen molar-refractivity contribution in [2.45, 2.75) is 12.3 Å². The number of amides is 1. The molecule has 1 saturated heterocycles. The van der Waals surface area contributed by atoms with Crippen LogP contribution in [-0.4, -0.2) is 31.0 Å². The van der Waals surface area contributed by atoms with Crippen LogP contribution in [0.3, 0.4) is 0 Å². The number of anilines is 2.